The van der Waals surface area contributed by atoms with Crippen molar-refractivity contribution in [1.82, 2.24) is 5.01 Å². The van der Waals surface area contributed by atoms with Crippen molar-refractivity contribution >= 4 is 18.0 Å². The van der Waals surface area contributed by atoms with Gasteiger partial charge in [0.15, 0.2) is 0 Å². The van der Waals surface area contributed by atoms with E-state index in [1.54, 1.807) is 27.7 Å². The third kappa shape index (κ3) is 6.93. The SMILES string of the molecule is CCOC(=O)[C@H](CCC(=O)O)N(N)C(=O)OC(C)(C)C. The van der Waals surface area contributed by atoms with Gasteiger partial charge in [-0.1, -0.05) is 0 Å². The second-order valence-electron chi connectivity index (χ2n) is 5.09. The van der Waals surface area contributed by atoms with Crippen molar-refractivity contribution < 1.29 is 29.0 Å². The van der Waals surface area contributed by atoms with Crippen LogP contribution in [0, 0.1) is 0 Å². The first-order chi connectivity index (χ1) is 9.08. The lowest BCUT2D eigenvalue weighted by Gasteiger charge is -2.28. The summed E-state index contributed by atoms with van der Waals surface area (Å²) in [5, 5.41) is 9.23. The Kier molecular flexibility index (Phi) is 6.98. The molecule has 0 heterocycles. The number of amides is 1. The molecule has 3 N–H and O–H groups in total. The Morgan fingerprint density at radius 1 is 1.30 bits per heavy atom. The quantitative estimate of drug-likeness (QED) is 0.322. The first-order valence-electron chi connectivity index (χ1n) is 6.23. The molecule has 0 saturated heterocycles. The van der Waals surface area contributed by atoms with Crippen molar-refractivity contribution in [3.63, 3.8) is 0 Å². The molecule has 1 amide bonds. The van der Waals surface area contributed by atoms with Crippen LogP contribution < -0.4 is 5.84 Å². The van der Waals surface area contributed by atoms with E-state index >= 15 is 0 Å². The summed E-state index contributed by atoms with van der Waals surface area (Å²) < 4.78 is 9.80. The number of nitrogens with two attached hydrogens (primary N) is 1. The molecule has 0 aliphatic carbocycles. The third-order valence-corrected chi connectivity index (χ3v) is 2.13. The van der Waals surface area contributed by atoms with Crippen molar-refractivity contribution in [1.29, 1.82) is 0 Å². The molecule has 0 bridgehead atoms. The van der Waals surface area contributed by atoms with Gasteiger partial charge in [-0.05, 0) is 34.1 Å². The standard InChI is InChI=1S/C12H22N2O6/c1-5-19-10(17)8(6-7-9(15)16)14(13)11(18)20-12(2,3)4/h8H,5-7,13H2,1-4H3,(H,15,16)/t8-/m0/s1. The molecule has 0 spiro atoms. The van der Waals surface area contributed by atoms with Gasteiger partial charge in [-0.25, -0.2) is 20.4 Å². The number of carbonyl (C=O) groups excluding carboxylic acids is 2. The predicted octanol–water partition coefficient (Wildman–Crippen LogP) is 0.894. The minimum Gasteiger partial charge on any atom is -0.481 e. The fourth-order valence-corrected chi connectivity index (χ4v) is 1.31. The van der Waals surface area contributed by atoms with Crippen molar-refractivity contribution in [2.45, 2.75) is 52.2 Å². The van der Waals surface area contributed by atoms with E-state index in [9.17, 15) is 14.4 Å². The van der Waals surface area contributed by atoms with Crippen LogP contribution in [0.3, 0.4) is 0 Å². The number of hydrogen-bond donors (Lipinski definition) is 2. The Hall–Kier alpha value is -1.83. The highest BCUT2D eigenvalue weighted by molar-refractivity contribution is 5.81. The molecule has 8 nitrogen and oxygen atoms in total. The van der Waals surface area contributed by atoms with Gasteiger partial charge in [0.25, 0.3) is 0 Å². The van der Waals surface area contributed by atoms with Crippen molar-refractivity contribution in [2.75, 3.05) is 6.61 Å². The van der Waals surface area contributed by atoms with E-state index < -0.39 is 29.7 Å². The molecule has 0 radical (unpaired) electrons. The number of hydrogen-bond acceptors (Lipinski definition) is 6. The predicted molar refractivity (Wildman–Crippen MR) is 69.6 cm³/mol. The van der Waals surface area contributed by atoms with Crippen LogP contribution in [0.5, 0.6) is 0 Å². The number of aliphatic carboxylic acids is 1. The van der Waals surface area contributed by atoms with E-state index in [-0.39, 0.29) is 19.4 Å². The van der Waals surface area contributed by atoms with Crippen molar-refractivity contribution in [3.05, 3.63) is 0 Å². The normalized spacial score (nSPS) is 12.4. The Balaban J connectivity index is 4.86. The number of hydrazine groups is 1. The molecule has 0 saturated carbocycles. The molecule has 20 heavy (non-hydrogen) atoms. The smallest absolute Gasteiger partial charge is 0.425 e. The molecule has 0 aromatic heterocycles. The maximum Gasteiger partial charge on any atom is 0.425 e. The number of esters is 1. The Morgan fingerprint density at radius 2 is 1.85 bits per heavy atom. The van der Waals surface area contributed by atoms with Crippen LogP contribution in [0.2, 0.25) is 0 Å². The molecule has 0 aromatic rings. The summed E-state index contributed by atoms with van der Waals surface area (Å²) >= 11 is 0. The Labute approximate surface area is 117 Å². The monoisotopic (exact) mass is 290 g/mol. The van der Waals surface area contributed by atoms with Crippen LogP contribution in [-0.4, -0.2) is 46.4 Å². The highest BCUT2D eigenvalue weighted by Gasteiger charge is 2.32. The van der Waals surface area contributed by atoms with Gasteiger partial charge >= 0.3 is 18.0 Å². The fraction of sp³-hybridized carbons (Fsp3) is 0.750. The van der Waals surface area contributed by atoms with Crippen molar-refractivity contribution in [3.8, 4) is 0 Å². The molecule has 116 valence electrons. The molecule has 1 atom stereocenters. The maximum atomic E-state index is 11.8. The lowest BCUT2D eigenvalue weighted by molar-refractivity contribution is -0.150. The van der Waals surface area contributed by atoms with Gasteiger partial charge in [0, 0.05) is 6.42 Å². The van der Waals surface area contributed by atoms with E-state index in [2.05, 4.69) is 0 Å². The Morgan fingerprint density at radius 3 is 2.25 bits per heavy atom. The van der Waals surface area contributed by atoms with Crippen LogP contribution in [0.25, 0.3) is 0 Å². The summed E-state index contributed by atoms with van der Waals surface area (Å²) in [7, 11) is 0. The second-order valence-corrected chi connectivity index (χ2v) is 5.09. The molecular weight excluding hydrogens is 268 g/mol. The molecule has 0 rings (SSSR count). The van der Waals surface area contributed by atoms with Crippen LogP contribution in [-0.2, 0) is 19.1 Å². The minimum absolute atomic E-state index is 0.102. The largest absolute Gasteiger partial charge is 0.481 e. The van der Waals surface area contributed by atoms with Crippen LogP contribution in [0.15, 0.2) is 0 Å². The van der Waals surface area contributed by atoms with Gasteiger partial charge in [-0.15, -0.1) is 0 Å². The summed E-state index contributed by atoms with van der Waals surface area (Å²) in [6.07, 6.45) is -1.38. The zero-order valence-electron chi connectivity index (χ0n) is 12.2. The number of ether oxygens (including phenoxy) is 2. The van der Waals surface area contributed by atoms with E-state index in [1.807, 2.05) is 0 Å². The summed E-state index contributed by atoms with van der Waals surface area (Å²) in [4.78, 5) is 34.1. The molecular formula is C12H22N2O6. The second kappa shape index (κ2) is 7.68. The fourth-order valence-electron chi connectivity index (χ4n) is 1.31. The molecule has 0 aliphatic heterocycles. The summed E-state index contributed by atoms with van der Waals surface area (Å²) in [5.41, 5.74) is -0.777. The van der Waals surface area contributed by atoms with Gasteiger partial charge in [-0.3, -0.25) is 4.79 Å². The highest BCUT2D eigenvalue weighted by Crippen LogP contribution is 2.13. The first kappa shape index (κ1) is 18.2. The van der Waals surface area contributed by atoms with Gasteiger partial charge in [0.05, 0.1) is 6.61 Å². The van der Waals surface area contributed by atoms with E-state index in [1.165, 1.54) is 0 Å². The average Bonchev–Trinajstić information content (AvgIpc) is 2.26. The number of carbonyl (C=O) groups is 3. The molecule has 0 aliphatic rings. The molecule has 8 heteroatoms. The van der Waals surface area contributed by atoms with Crippen LogP contribution in [0.4, 0.5) is 4.79 Å². The number of rotatable bonds is 6. The number of carboxylic acid groups (broad SMARTS) is 1. The van der Waals surface area contributed by atoms with Crippen LogP contribution in [0.1, 0.15) is 40.5 Å². The topological polar surface area (TPSA) is 119 Å². The molecule has 0 aromatic carbocycles. The average molecular weight is 290 g/mol. The van der Waals surface area contributed by atoms with Crippen LogP contribution >= 0.6 is 0 Å². The van der Waals surface area contributed by atoms with E-state index in [4.69, 9.17) is 20.4 Å². The highest BCUT2D eigenvalue weighted by atomic mass is 16.6. The number of carboxylic acids is 1. The maximum absolute atomic E-state index is 11.8. The van der Waals surface area contributed by atoms with Gasteiger partial charge in [0.2, 0.25) is 0 Å². The number of nitrogens with zero attached hydrogens (tertiary/aromatic N) is 1. The molecule has 0 fully saturated rings. The zero-order chi connectivity index (χ0) is 15.9. The van der Waals surface area contributed by atoms with Gasteiger partial charge < -0.3 is 14.6 Å². The minimum atomic E-state index is -1.19. The lowest BCUT2D eigenvalue weighted by Crippen LogP contribution is -2.52. The van der Waals surface area contributed by atoms with E-state index in [0.29, 0.717) is 5.01 Å². The lowest BCUT2D eigenvalue weighted by atomic mass is 10.1. The van der Waals surface area contributed by atoms with Gasteiger partial charge in [0.1, 0.15) is 11.6 Å². The van der Waals surface area contributed by atoms with Crippen molar-refractivity contribution in [2.24, 2.45) is 5.84 Å². The zero-order valence-corrected chi connectivity index (χ0v) is 12.2. The van der Waals surface area contributed by atoms with Gasteiger partial charge in [-0.2, -0.15) is 0 Å². The summed E-state index contributed by atoms with van der Waals surface area (Å²) in [6.45, 7) is 6.64. The third-order valence-electron chi connectivity index (χ3n) is 2.13. The summed E-state index contributed by atoms with van der Waals surface area (Å²) in [5.74, 6) is 3.69. The summed E-state index contributed by atoms with van der Waals surface area (Å²) in [6, 6.07) is -1.19. The van der Waals surface area contributed by atoms with E-state index in [0.717, 1.165) is 0 Å². The molecule has 0 unspecified atom stereocenters. The Bertz CT molecular complexity index is 363. The first-order valence-corrected chi connectivity index (χ1v) is 6.23.